The highest BCUT2D eigenvalue weighted by Crippen LogP contribution is 2.37. The van der Waals surface area contributed by atoms with Crippen molar-refractivity contribution < 1.29 is 23.8 Å². The number of hydrogen-bond donors (Lipinski definition) is 1. The van der Waals surface area contributed by atoms with Gasteiger partial charge in [-0.1, -0.05) is 72.8 Å². The molecule has 0 unspecified atom stereocenters. The van der Waals surface area contributed by atoms with E-state index < -0.39 is 5.97 Å². The van der Waals surface area contributed by atoms with Gasteiger partial charge in [0.15, 0.2) is 16.8 Å². The maximum absolute atomic E-state index is 13.0. The number of carboxylic acids is 1. The summed E-state index contributed by atoms with van der Waals surface area (Å²) in [6, 6.07) is 30.3. The minimum absolute atomic E-state index is 0.144. The molecule has 0 atom stereocenters. The third kappa shape index (κ3) is 4.98. The zero-order valence-corrected chi connectivity index (χ0v) is 19.2. The molecule has 36 heavy (non-hydrogen) atoms. The topological polar surface area (TPSA) is 86.0 Å². The van der Waals surface area contributed by atoms with Crippen LogP contribution in [-0.4, -0.2) is 11.1 Å². The molecule has 6 heteroatoms. The minimum Gasteiger partial charge on any atom is -0.485 e. The van der Waals surface area contributed by atoms with Crippen LogP contribution in [0.5, 0.6) is 11.5 Å². The van der Waals surface area contributed by atoms with Crippen LogP contribution in [0.25, 0.3) is 22.3 Å². The van der Waals surface area contributed by atoms with Crippen molar-refractivity contribution >= 4 is 16.9 Å². The van der Waals surface area contributed by atoms with Crippen molar-refractivity contribution in [1.82, 2.24) is 0 Å². The Bertz CT molecular complexity index is 1560. The number of ether oxygens (including phenoxy) is 2. The van der Waals surface area contributed by atoms with Crippen molar-refractivity contribution in [2.24, 2.45) is 0 Å². The first kappa shape index (κ1) is 22.9. The summed E-state index contributed by atoms with van der Waals surface area (Å²) >= 11 is 0. The summed E-state index contributed by atoms with van der Waals surface area (Å²) in [5, 5.41) is 9.54. The van der Waals surface area contributed by atoms with E-state index in [1.165, 1.54) is 18.2 Å². The molecule has 5 aromatic rings. The van der Waals surface area contributed by atoms with Gasteiger partial charge in [0.1, 0.15) is 19.0 Å². The average molecular weight is 479 g/mol. The summed E-state index contributed by atoms with van der Waals surface area (Å²) in [6.45, 7) is 0.567. The van der Waals surface area contributed by atoms with Gasteiger partial charge in [-0.25, -0.2) is 4.79 Å². The van der Waals surface area contributed by atoms with Crippen LogP contribution in [-0.2, 0) is 13.2 Å². The van der Waals surface area contributed by atoms with E-state index in [1.54, 1.807) is 24.3 Å². The number of rotatable bonds is 8. The highest BCUT2D eigenvalue weighted by molar-refractivity contribution is 5.89. The van der Waals surface area contributed by atoms with Crippen LogP contribution in [0.3, 0.4) is 0 Å². The van der Waals surface area contributed by atoms with Gasteiger partial charge in [0.05, 0.1) is 10.9 Å². The Hall–Kier alpha value is -4.84. The fourth-order valence-corrected chi connectivity index (χ4v) is 3.81. The molecule has 178 valence electrons. The standard InChI is InChI=1S/C30H22O6/c31-25-17-27(22-11-13-23(14-12-22)30(32)33)36-28-24(25)15-16-26(34-18-20-7-3-1-4-8-20)29(28)35-19-21-9-5-2-6-10-21/h1-17H,18-19H2,(H,32,33). The van der Waals surface area contributed by atoms with Crippen molar-refractivity contribution in [1.29, 1.82) is 0 Å². The fraction of sp³-hybridized carbons (Fsp3) is 0.0667. The lowest BCUT2D eigenvalue weighted by molar-refractivity contribution is 0.0697. The zero-order chi connectivity index (χ0) is 24.9. The second-order valence-electron chi connectivity index (χ2n) is 8.18. The number of carbonyl (C=O) groups is 1. The maximum atomic E-state index is 13.0. The molecule has 0 aliphatic rings. The number of carboxylic acid groups (broad SMARTS) is 1. The predicted molar refractivity (Wildman–Crippen MR) is 136 cm³/mol. The van der Waals surface area contributed by atoms with E-state index in [9.17, 15) is 14.7 Å². The number of benzene rings is 4. The van der Waals surface area contributed by atoms with Gasteiger partial charge in [0.2, 0.25) is 5.75 Å². The molecule has 1 heterocycles. The molecule has 1 N–H and O–H groups in total. The van der Waals surface area contributed by atoms with E-state index in [2.05, 4.69) is 0 Å². The lowest BCUT2D eigenvalue weighted by Gasteiger charge is -2.15. The highest BCUT2D eigenvalue weighted by Gasteiger charge is 2.18. The smallest absolute Gasteiger partial charge is 0.335 e. The molecule has 0 saturated heterocycles. The van der Waals surface area contributed by atoms with Crippen molar-refractivity contribution in [3.8, 4) is 22.8 Å². The molecule has 0 spiro atoms. The minimum atomic E-state index is -1.03. The van der Waals surface area contributed by atoms with Gasteiger partial charge >= 0.3 is 5.97 Å². The second-order valence-corrected chi connectivity index (χ2v) is 8.18. The SMILES string of the molecule is O=C(O)c1ccc(-c2cc(=O)c3ccc(OCc4ccccc4)c(OCc4ccccc4)c3o2)cc1. The average Bonchev–Trinajstić information content (AvgIpc) is 2.92. The van der Waals surface area contributed by atoms with E-state index in [0.717, 1.165) is 11.1 Å². The van der Waals surface area contributed by atoms with E-state index in [4.69, 9.17) is 13.9 Å². The molecule has 0 radical (unpaired) electrons. The van der Waals surface area contributed by atoms with Crippen LogP contribution in [0.2, 0.25) is 0 Å². The third-order valence-corrected chi connectivity index (χ3v) is 5.70. The largest absolute Gasteiger partial charge is 0.485 e. The van der Waals surface area contributed by atoms with E-state index in [0.29, 0.717) is 34.8 Å². The maximum Gasteiger partial charge on any atom is 0.335 e. The normalized spacial score (nSPS) is 10.8. The molecule has 0 aliphatic carbocycles. The van der Waals surface area contributed by atoms with Gasteiger partial charge in [-0.3, -0.25) is 4.79 Å². The Kier molecular flexibility index (Phi) is 6.49. The molecule has 4 aromatic carbocycles. The van der Waals surface area contributed by atoms with Crippen molar-refractivity contribution in [2.45, 2.75) is 13.2 Å². The molecule has 0 fully saturated rings. The van der Waals surface area contributed by atoms with Gasteiger partial charge < -0.3 is 19.0 Å². The summed E-state index contributed by atoms with van der Waals surface area (Å²) in [7, 11) is 0. The summed E-state index contributed by atoms with van der Waals surface area (Å²) in [5.41, 5.74) is 2.68. The summed E-state index contributed by atoms with van der Waals surface area (Å²) in [5.74, 6) is 0.0460. The lowest BCUT2D eigenvalue weighted by Crippen LogP contribution is -2.05. The molecule has 0 bridgehead atoms. The van der Waals surface area contributed by atoms with Crippen LogP contribution >= 0.6 is 0 Å². The van der Waals surface area contributed by atoms with Crippen LogP contribution in [0.4, 0.5) is 0 Å². The number of aromatic carboxylic acids is 1. The quantitative estimate of drug-likeness (QED) is 0.281. The summed E-state index contributed by atoms with van der Waals surface area (Å²) in [6.07, 6.45) is 0. The molecule has 5 rings (SSSR count). The monoisotopic (exact) mass is 478 g/mol. The van der Waals surface area contributed by atoms with Crippen molar-refractivity contribution in [3.63, 3.8) is 0 Å². The van der Waals surface area contributed by atoms with Crippen LogP contribution in [0, 0.1) is 0 Å². The van der Waals surface area contributed by atoms with E-state index >= 15 is 0 Å². The van der Waals surface area contributed by atoms with E-state index in [1.807, 2.05) is 60.7 Å². The van der Waals surface area contributed by atoms with Crippen LogP contribution < -0.4 is 14.9 Å². The second kappa shape index (κ2) is 10.2. The van der Waals surface area contributed by atoms with Crippen molar-refractivity contribution in [3.05, 3.63) is 130 Å². The van der Waals surface area contributed by atoms with Crippen LogP contribution in [0.15, 0.2) is 112 Å². The Morgan fingerprint density at radius 2 is 1.36 bits per heavy atom. The van der Waals surface area contributed by atoms with Gasteiger partial charge in [-0.05, 0) is 35.4 Å². The molecule has 0 saturated carbocycles. The molecule has 0 aliphatic heterocycles. The summed E-state index contributed by atoms with van der Waals surface area (Å²) in [4.78, 5) is 24.2. The van der Waals surface area contributed by atoms with Gasteiger partial charge in [-0.15, -0.1) is 0 Å². The predicted octanol–water partition coefficient (Wildman–Crippen LogP) is 6.32. The first-order valence-electron chi connectivity index (χ1n) is 11.4. The fourth-order valence-electron chi connectivity index (χ4n) is 3.81. The Morgan fingerprint density at radius 1 is 0.750 bits per heavy atom. The molecule has 0 amide bonds. The van der Waals surface area contributed by atoms with Crippen molar-refractivity contribution in [2.75, 3.05) is 0 Å². The van der Waals surface area contributed by atoms with E-state index in [-0.39, 0.29) is 23.2 Å². The number of hydrogen-bond acceptors (Lipinski definition) is 5. The first-order chi connectivity index (χ1) is 17.6. The third-order valence-electron chi connectivity index (χ3n) is 5.70. The molecular formula is C30H22O6. The molecular weight excluding hydrogens is 456 g/mol. The molecule has 6 nitrogen and oxygen atoms in total. The summed E-state index contributed by atoms with van der Waals surface area (Å²) < 4.78 is 18.5. The number of fused-ring (bicyclic) bond motifs is 1. The lowest BCUT2D eigenvalue weighted by atomic mass is 10.1. The van der Waals surface area contributed by atoms with Crippen LogP contribution in [0.1, 0.15) is 21.5 Å². The molecule has 1 aromatic heterocycles. The Balaban J connectivity index is 1.58. The zero-order valence-electron chi connectivity index (χ0n) is 19.2. The Labute approximate surface area is 207 Å². The van der Waals surface area contributed by atoms with Gasteiger partial charge in [-0.2, -0.15) is 0 Å². The van der Waals surface area contributed by atoms with Gasteiger partial charge in [0, 0.05) is 11.6 Å². The van der Waals surface area contributed by atoms with Gasteiger partial charge in [0.25, 0.3) is 0 Å². The first-order valence-corrected chi connectivity index (χ1v) is 11.4. The Morgan fingerprint density at radius 3 is 1.97 bits per heavy atom. The highest BCUT2D eigenvalue weighted by atomic mass is 16.5.